The van der Waals surface area contributed by atoms with Crippen molar-refractivity contribution in [3.63, 3.8) is 0 Å². The van der Waals surface area contributed by atoms with Crippen LogP contribution in [0, 0.1) is 0 Å². The molecule has 6 heteroatoms. The number of nitrogens with two attached hydrogens (primary N) is 1. The number of nitrogens with zero attached hydrogens (tertiary/aromatic N) is 2. The van der Waals surface area contributed by atoms with Gasteiger partial charge in [0.05, 0.1) is 0 Å². The first-order chi connectivity index (χ1) is 6.77. The smallest absolute Gasteiger partial charge is 0.180 e. The molecule has 0 saturated heterocycles. The van der Waals surface area contributed by atoms with Gasteiger partial charge in [-0.15, -0.1) is 11.3 Å². The number of hydrogen-bond donors (Lipinski definition) is 1. The molecular formula is C8H11N3O2S. The van der Waals surface area contributed by atoms with Gasteiger partial charge in [0.15, 0.2) is 17.1 Å². The van der Waals surface area contributed by atoms with E-state index in [4.69, 9.17) is 10.6 Å². The Labute approximate surface area is 85.6 Å². The zero-order valence-electron chi connectivity index (χ0n) is 7.77. The van der Waals surface area contributed by atoms with Crippen LogP contribution in [0.3, 0.4) is 0 Å². The van der Waals surface area contributed by atoms with Crippen LogP contribution in [0.1, 0.15) is 19.0 Å². The van der Waals surface area contributed by atoms with Crippen molar-refractivity contribution >= 4 is 28.5 Å². The summed E-state index contributed by atoms with van der Waals surface area (Å²) < 4.78 is 0. The predicted molar refractivity (Wildman–Crippen MR) is 55.4 cm³/mol. The lowest BCUT2D eigenvalue weighted by Gasteiger charge is -1.96. The third kappa shape index (κ3) is 2.81. The van der Waals surface area contributed by atoms with Gasteiger partial charge in [0, 0.05) is 5.38 Å². The maximum absolute atomic E-state index is 10.6. The maximum Gasteiger partial charge on any atom is 0.180 e. The molecule has 14 heavy (non-hydrogen) atoms. The topological polar surface area (TPSA) is 77.6 Å². The first kappa shape index (κ1) is 10.6. The molecule has 0 fully saturated rings. The average molecular weight is 213 g/mol. The first-order valence-corrected chi connectivity index (χ1v) is 5.02. The van der Waals surface area contributed by atoms with Crippen LogP contribution in [0.2, 0.25) is 0 Å². The number of thiazole rings is 1. The summed E-state index contributed by atoms with van der Waals surface area (Å²) in [4.78, 5) is 19.4. The highest BCUT2D eigenvalue weighted by molar-refractivity contribution is 7.13. The highest BCUT2D eigenvalue weighted by atomic mass is 32.1. The molecule has 0 aliphatic rings. The molecule has 0 aliphatic carbocycles. The predicted octanol–water partition coefficient (Wildman–Crippen LogP) is 1.05. The fourth-order valence-electron chi connectivity index (χ4n) is 0.740. The van der Waals surface area contributed by atoms with Crippen LogP contribution < -0.4 is 5.73 Å². The molecule has 1 aromatic heterocycles. The van der Waals surface area contributed by atoms with Crippen molar-refractivity contribution in [1.82, 2.24) is 4.98 Å². The number of carbonyl (C=O) groups is 1. The molecule has 76 valence electrons. The van der Waals surface area contributed by atoms with Gasteiger partial charge in [-0.05, 0) is 6.42 Å². The molecule has 5 nitrogen and oxygen atoms in total. The fourth-order valence-corrected chi connectivity index (χ4v) is 1.30. The van der Waals surface area contributed by atoms with E-state index in [2.05, 4.69) is 10.1 Å². The molecule has 0 bridgehead atoms. The maximum atomic E-state index is 10.6. The van der Waals surface area contributed by atoms with Gasteiger partial charge >= 0.3 is 0 Å². The molecule has 0 atom stereocenters. The number of oxime groups is 1. The summed E-state index contributed by atoms with van der Waals surface area (Å²) in [5.74, 6) is 0. The van der Waals surface area contributed by atoms with Crippen molar-refractivity contribution in [2.24, 2.45) is 5.16 Å². The van der Waals surface area contributed by atoms with E-state index in [1.165, 1.54) is 11.3 Å². The molecule has 0 spiro atoms. The molecule has 0 amide bonds. The minimum atomic E-state index is 0.173. The van der Waals surface area contributed by atoms with E-state index in [1.54, 1.807) is 5.38 Å². The number of nitrogen functional groups attached to an aromatic ring is 1. The minimum absolute atomic E-state index is 0.173. The quantitative estimate of drug-likeness (QED) is 0.343. The molecule has 0 aliphatic heterocycles. The summed E-state index contributed by atoms with van der Waals surface area (Å²) in [6, 6.07) is 0. The monoisotopic (exact) mass is 213 g/mol. The Balaban J connectivity index is 2.71. The van der Waals surface area contributed by atoms with Crippen molar-refractivity contribution in [3.8, 4) is 0 Å². The van der Waals surface area contributed by atoms with Crippen molar-refractivity contribution in [2.45, 2.75) is 13.3 Å². The summed E-state index contributed by atoms with van der Waals surface area (Å²) in [6.45, 7) is 2.44. The number of aromatic nitrogens is 1. The van der Waals surface area contributed by atoms with E-state index in [9.17, 15) is 4.79 Å². The Morgan fingerprint density at radius 2 is 2.64 bits per heavy atom. The van der Waals surface area contributed by atoms with Gasteiger partial charge in [-0.1, -0.05) is 12.1 Å². The molecule has 1 heterocycles. The Kier molecular flexibility index (Phi) is 4.06. The van der Waals surface area contributed by atoms with Gasteiger partial charge in [-0.25, -0.2) is 4.98 Å². The van der Waals surface area contributed by atoms with Crippen LogP contribution in [0.25, 0.3) is 0 Å². The van der Waals surface area contributed by atoms with Crippen molar-refractivity contribution < 1.29 is 9.63 Å². The lowest BCUT2D eigenvalue weighted by Crippen LogP contribution is -2.04. The summed E-state index contributed by atoms with van der Waals surface area (Å²) in [6.07, 6.45) is 1.44. The normalized spacial score (nSPS) is 11.4. The highest BCUT2D eigenvalue weighted by Gasteiger charge is 2.06. The van der Waals surface area contributed by atoms with E-state index in [1.807, 2.05) is 6.92 Å². The molecule has 1 rings (SSSR count). The number of aldehydes is 1. The Morgan fingerprint density at radius 3 is 3.14 bits per heavy atom. The first-order valence-electron chi connectivity index (χ1n) is 4.14. The van der Waals surface area contributed by atoms with Crippen molar-refractivity contribution in [3.05, 3.63) is 11.1 Å². The van der Waals surface area contributed by atoms with Gasteiger partial charge < -0.3 is 10.6 Å². The summed E-state index contributed by atoms with van der Waals surface area (Å²) in [5, 5.41) is 5.72. The lowest BCUT2D eigenvalue weighted by atomic mass is 10.3. The third-order valence-electron chi connectivity index (χ3n) is 1.35. The molecular weight excluding hydrogens is 202 g/mol. The van der Waals surface area contributed by atoms with E-state index in [-0.39, 0.29) is 5.71 Å². The number of hydrogen-bond acceptors (Lipinski definition) is 6. The summed E-state index contributed by atoms with van der Waals surface area (Å²) in [5.41, 5.74) is 6.05. The van der Waals surface area contributed by atoms with Crippen LogP contribution in [-0.4, -0.2) is 23.6 Å². The molecule has 0 saturated carbocycles. The summed E-state index contributed by atoms with van der Waals surface area (Å²) >= 11 is 1.26. The molecule has 0 unspecified atom stereocenters. The second kappa shape index (κ2) is 5.33. The van der Waals surface area contributed by atoms with Gasteiger partial charge in [0.2, 0.25) is 0 Å². The molecule has 0 radical (unpaired) electrons. The largest absolute Gasteiger partial charge is 0.395 e. The van der Waals surface area contributed by atoms with E-state index < -0.39 is 0 Å². The Bertz CT molecular complexity index is 335. The zero-order valence-corrected chi connectivity index (χ0v) is 8.58. The van der Waals surface area contributed by atoms with Crippen LogP contribution in [0.15, 0.2) is 10.5 Å². The Hall–Kier alpha value is -1.43. The van der Waals surface area contributed by atoms with Crippen molar-refractivity contribution in [2.75, 3.05) is 12.3 Å². The van der Waals surface area contributed by atoms with Gasteiger partial charge in [-0.2, -0.15) is 0 Å². The Morgan fingerprint density at radius 1 is 1.86 bits per heavy atom. The number of rotatable bonds is 5. The van der Waals surface area contributed by atoms with Crippen molar-refractivity contribution in [1.29, 1.82) is 0 Å². The van der Waals surface area contributed by atoms with Crippen LogP contribution >= 0.6 is 11.3 Å². The lowest BCUT2D eigenvalue weighted by molar-refractivity contribution is -0.102. The number of anilines is 1. The second-order valence-corrected chi connectivity index (χ2v) is 3.39. The van der Waals surface area contributed by atoms with Crippen LogP contribution in [0.4, 0.5) is 5.13 Å². The zero-order chi connectivity index (χ0) is 10.4. The average Bonchev–Trinajstić information content (AvgIpc) is 2.60. The van der Waals surface area contributed by atoms with E-state index in [0.29, 0.717) is 23.7 Å². The second-order valence-electron chi connectivity index (χ2n) is 2.50. The molecule has 2 N–H and O–H groups in total. The van der Waals surface area contributed by atoms with E-state index >= 15 is 0 Å². The third-order valence-corrected chi connectivity index (χ3v) is 2.03. The fraction of sp³-hybridized carbons (Fsp3) is 0.375. The molecule has 0 aromatic carbocycles. The summed E-state index contributed by atoms with van der Waals surface area (Å²) in [7, 11) is 0. The SMILES string of the molecule is CCCO/N=C(/C=O)c1csc(N)n1. The van der Waals surface area contributed by atoms with Crippen LogP contribution in [-0.2, 0) is 9.63 Å². The van der Waals surface area contributed by atoms with Gasteiger partial charge in [0.25, 0.3) is 0 Å². The standard InChI is InChI=1S/C8H11N3O2S/c1-2-3-13-11-6(4-12)7-5-14-8(9)10-7/h4-5H,2-3H2,1H3,(H2,9,10)/b11-6-. The van der Waals surface area contributed by atoms with E-state index in [0.717, 1.165) is 6.42 Å². The molecule has 1 aromatic rings. The van der Waals surface area contributed by atoms with Gasteiger partial charge in [0.1, 0.15) is 12.3 Å². The van der Waals surface area contributed by atoms with Crippen LogP contribution in [0.5, 0.6) is 0 Å². The minimum Gasteiger partial charge on any atom is -0.395 e. The number of carbonyl (C=O) groups excluding carboxylic acids is 1. The van der Waals surface area contributed by atoms with Gasteiger partial charge in [-0.3, -0.25) is 4.79 Å². The highest BCUT2D eigenvalue weighted by Crippen LogP contribution is 2.11.